The lowest BCUT2D eigenvalue weighted by molar-refractivity contribution is -0.111. The van der Waals surface area contributed by atoms with Crippen LogP contribution in [0.3, 0.4) is 0 Å². The monoisotopic (exact) mass is 457 g/mol. The summed E-state index contributed by atoms with van der Waals surface area (Å²) in [6.07, 6.45) is 11.0. The van der Waals surface area contributed by atoms with Crippen LogP contribution >= 0.6 is 0 Å². The molecule has 0 bridgehead atoms. The van der Waals surface area contributed by atoms with Gasteiger partial charge in [0.05, 0.1) is 24.4 Å². The number of fused-ring (bicyclic) bond motifs is 1. The third-order valence-electron chi connectivity index (χ3n) is 5.25. The average Bonchev–Trinajstić information content (AvgIpc) is 3.36. The van der Waals surface area contributed by atoms with Gasteiger partial charge < -0.3 is 25.4 Å². The van der Waals surface area contributed by atoms with E-state index < -0.39 is 0 Å². The Morgan fingerprint density at radius 1 is 1.32 bits per heavy atom. The summed E-state index contributed by atoms with van der Waals surface area (Å²) >= 11 is 0. The van der Waals surface area contributed by atoms with Crippen molar-refractivity contribution in [3.63, 3.8) is 0 Å². The summed E-state index contributed by atoms with van der Waals surface area (Å²) in [4.78, 5) is 21.4. The van der Waals surface area contributed by atoms with E-state index in [0.29, 0.717) is 42.5 Å². The predicted molar refractivity (Wildman–Crippen MR) is 133 cm³/mol. The van der Waals surface area contributed by atoms with Gasteiger partial charge in [0, 0.05) is 41.7 Å². The zero-order valence-electron chi connectivity index (χ0n) is 19.0. The highest BCUT2D eigenvalue weighted by Gasteiger charge is 2.20. The van der Waals surface area contributed by atoms with Gasteiger partial charge in [0.25, 0.3) is 0 Å². The van der Waals surface area contributed by atoms with E-state index in [9.17, 15) is 4.79 Å². The number of hydrogen-bond donors (Lipinski definition) is 3. The number of aromatic nitrogens is 2. The first-order valence-electron chi connectivity index (χ1n) is 11.2. The van der Waals surface area contributed by atoms with Gasteiger partial charge in [-0.3, -0.25) is 4.79 Å². The van der Waals surface area contributed by atoms with Crippen LogP contribution in [0.1, 0.15) is 18.9 Å². The van der Waals surface area contributed by atoms with Gasteiger partial charge in [-0.25, -0.2) is 9.97 Å². The van der Waals surface area contributed by atoms with E-state index in [2.05, 4.69) is 31.8 Å². The number of carbonyl (C=O) groups is 1. The third kappa shape index (κ3) is 5.90. The van der Waals surface area contributed by atoms with Gasteiger partial charge in [0.1, 0.15) is 24.0 Å². The molecular weight excluding hydrogens is 430 g/mol. The number of rotatable bonds is 9. The minimum absolute atomic E-state index is 0.0802. The molecule has 1 amide bonds. The fourth-order valence-electron chi connectivity index (χ4n) is 3.56. The molecule has 0 aliphatic carbocycles. The lowest BCUT2D eigenvalue weighted by atomic mass is 10.1. The van der Waals surface area contributed by atoms with E-state index in [1.807, 2.05) is 43.3 Å². The SMILES string of the molecule is C#Cc1cccc(Nc2ncnc3cc(O[C@H]4CCOC4)c(NC(=O)/C=C/CNCC)cc23)c1. The molecule has 0 radical (unpaired) electrons. The van der Waals surface area contributed by atoms with Crippen LogP contribution in [0.2, 0.25) is 0 Å². The van der Waals surface area contributed by atoms with E-state index in [1.54, 1.807) is 6.08 Å². The zero-order valence-corrected chi connectivity index (χ0v) is 19.0. The first-order chi connectivity index (χ1) is 16.7. The van der Waals surface area contributed by atoms with E-state index >= 15 is 0 Å². The van der Waals surface area contributed by atoms with Crippen LogP contribution in [0, 0.1) is 12.3 Å². The van der Waals surface area contributed by atoms with Crippen LogP contribution in [0.15, 0.2) is 54.9 Å². The summed E-state index contributed by atoms with van der Waals surface area (Å²) in [5.74, 6) is 3.51. The normalized spacial score (nSPS) is 15.4. The molecule has 1 aliphatic heterocycles. The van der Waals surface area contributed by atoms with Gasteiger partial charge in [0.2, 0.25) is 5.91 Å². The van der Waals surface area contributed by atoms with Crippen molar-refractivity contribution in [1.29, 1.82) is 0 Å². The number of anilines is 3. The van der Waals surface area contributed by atoms with Crippen LogP contribution in [0.5, 0.6) is 5.75 Å². The summed E-state index contributed by atoms with van der Waals surface area (Å²) in [6.45, 7) is 4.62. The van der Waals surface area contributed by atoms with Crippen molar-refractivity contribution >= 4 is 34.0 Å². The molecule has 3 N–H and O–H groups in total. The molecule has 174 valence electrons. The van der Waals surface area contributed by atoms with Crippen molar-refractivity contribution in [2.75, 3.05) is 36.9 Å². The smallest absolute Gasteiger partial charge is 0.248 e. The quantitative estimate of drug-likeness (QED) is 0.256. The highest BCUT2D eigenvalue weighted by atomic mass is 16.5. The number of terminal acetylenes is 1. The second-order valence-corrected chi connectivity index (χ2v) is 7.74. The molecule has 2 aromatic carbocycles. The van der Waals surface area contributed by atoms with Crippen LogP contribution < -0.4 is 20.7 Å². The van der Waals surface area contributed by atoms with Gasteiger partial charge in [-0.15, -0.1) is 6.42 Å². The number of nitrogens with zero attached hydrogens (tertiary/aromatic N) is 2. The molecule has 1 aliphatic rings. The molecule has 1 fully saturated rings. The fraction of sp³-hybridized carbons (Fsp3) is 0.269. The maximum atomic E-state index is 12.6. The van der Waals surface area contributed by atoms with Crippen molar-refractivity contribution in [2.24, 2.45) is 0 Å². The highest BCUT2D eigenvalue weighted by Crippen LogP contribution is 2.34. The minimum atomic E-state index is -0.252. The van der Waals surface area contributed by atoms with Crippen molar-refractivity contribution in [1.82, 2.24) is 15.3 Å². The van der Waals surface area contributed by atoms with Crippen LogP contribution in [0.25, 0.3) is 10.9 Å². The summed E-state index contributed by atoms with van der Waals surface area (Å²) in [5, 5.41) is 10.1. The van der Waals surface area contributed by atoms with Crippen LogP contribution in [-0.2, 0) is 9.53 Å². The van der Waals surface area contributed by atoms with E-state index in [1.165, 1.54) is 12.4 Å². The second kappa shape index (κ2) is 11.3. The highest BCUT2D eigenvalue weighted by molar-refractivity contribution is 6.03. The fourth-order valence-corrected chi connectivity index (χ4v) is 3.56. The van der Waals surface area contributed by atoms with Gasteiger partial charge in [-0.05, 0) is 30.8 Å². The molecule has 1 saturated heterocycles. The molecule has 34 heavy (non-hydrogen) atoms. The maximum absolute atomic E-state index is 12.6. The molecule has 1 aromatic heterocycles. The lowest BCUT2D eigenvalue weighted by Gasteiger charge is -2.17. The lowest BCUT2D eigenvalue weighted by Crippen LogP contribution is -2.18. The number of benzene rings is 2. The topological polar surface area (TPSA) is 97.4 Å². The first-order valence-corrected chi connectivity index (χ1v) is 11.2. The van der Waals surface area contributed by atoms with Gasteiger partial charge in [0.15, 0.2) is 0 Å². The Bertz CT molecular complexity index is 1230. The van der Waals surface area contributed by atoms with Crippen molar-refractivity contribution in [3.05, 3.63) is 60.4 Å². The Morgan fingerprint density at radius 2 is 2.24 bits per heavy atom. The molecule has 8 heteroatoms. The number of carbonyl (C=O) groups excluding carboxylic acids is 1. The van der Waals surface area contributed by atoms with E-state index in [-0.39, 0.29) is 12.0 Å². The number of ether oxygens (including phenoxy) is 2. The Labute approximate surface area is 198 Å². The molecule has 4 rings (SSSR count). The zero-order chi connectivity index (χ0) is 23.8. The molecule has 2 heterocycles. The summed E-state index contributed by atoms with van der Waals surface area (Å²) in [7, 11) is 0. The van der Waals surface area contributed by atoms with Gasteiger partial charge in [-0.1, -0.05) is 25.0 Å². The molecular formula is C26H27N5O3. The van der Waals surface area contributed by atoms with E-state index in [0.717, 1.165) is 29.6 Å². The molecule has 1 atom stereocenters. The summed E-state index contributed by atoms with van der Waals surface area (Å²) < 4.78 is 11.6. The van der Waals surface area contributed by atoms with Crippen LogP contribution in [-0.4, -0.2) is 48.3 Å². The molecule has 0 unspecified atom stereocenters. The van der Waals surface area contributed by atoms with Gasteiger partial charge >= 0.3 is 0 Å². The Balaban J connectivity index is 1.67. The number of nitrogens with one attached hydrogen (secondary N) is 3. The van der Waals surface area contributed by atoms with Crippen molar-refractivity contribution in [3.8, 4) is 18.1 Å². The van der Waals surface area contributed by atoms with Crippen LogP contribution in [0.4, 0.5) is 17.2 Å². The predicted octanol–water partition coefficient (Wildman–Crippen LogP) is 3.63. The Kier molecular flexibility index (Phi) is 7.71. The van der Waals surface area contributed by atoms with Crippen molar-refractivity contribution in [2.45, 2.75) is 19.4 Å². The van der Waals surface area contributed by atoms with E-state index in [4.69, 9.17) is 15.9 Å². The second-order valence-electron chi connectivity index (χ2n) is 7.74. The summed E-state index contributed by atoms with van der Waals surface area (Å²) in [6, 6.07) is 11.1. The maximum Gasteiger partial charge on any atom is 0.248 e. The Morgan fingerprint density at radius 3 is 3.03 bits per heavy atom. The molecule has 3 aromatic rings. The number of hydrogen-bond acceptors (Lipinski definition) is 7. The summed E-state index contributed by atoms with van der Waals surface area (Å²) in [5.41, 5.74) is 2.78. The third-order valence-corrected chi connectivity index (χ3v) is 5.25. The molecule has 0 saturated carbocycles. The molecule has 8 nitrogen and oxygen atoms in total. The Hall–Kier alpha value is -3.93. The first kappa shape index (κ1) is 23.2. The number of amides is 1. The standard InChI is InChI=1S/C26H27N5O3/c1-3-18-7-5-8-19(13-18)30-26-21-14-23(31-25(32)9-6-11-27-4-2)24(15-22(21)28-17-29-26)34-20-10-12-33-16-20/h1,5-9,13-15,17,20,27H,4,10-12,16H2,2H3,(H,31,32)(H,28,29,30)/b9-6+/t20-/m0/s1. The number of likely N-dealkylation sites (N-methyl/N-ethyl adjacent to an activating group) is 1. The van der Waals surface area contributed by atoms with Crippen molar-refractivity contribution < 1.29 is 14.3 Å². The minimum Gasteiger partial charge on any atom is -0.486 e. The average molecular weight is 458 g/mol. The van der Waals surface area contributed by atoms with Gasteiger partial charge in [-0.2, -0.15) is 0 Å². The largest absolute Gasteiger partial charge is 0.486 e. The molecule has 0 spiro atoms.